The Morgan fingerprint density at radius 1 is 1.32 bits per heavy atom. The Balaban J connectivity index is 1.71. The van der Waals surface area contributed by atoms with Gasteiger partial charge < -0.3 is 10.0 Å². The number of rotatable bonds is 7. The quantitative estimate of drug-likeness (QED) is 0.807. The highest BCUT2D eigenvalue weighted by Gasteiger charge is 2.25. The summed E-state index contributed by atoms with van der Waals surface area (Å²) >= 11 is 0. The first-order valence-corrected chi connectivity index (χ1v) is 8.85. The molecule has 25 heavy (non-hydrogen) atoms. The fourth-order valence-corrected chi connectivity index (χ4v) is 3.50. The van der Waals surface area contributed by atoms with Crippen molar-refractivity contribution in [2.24, 2.45) is 0 Å². The van der Waals surface area contributed by atoms with Crippen molar-refractivity contribution in [3.63, 3.8) is 0 Å². The van der Waals surface area contributed by atoms with E-state index in [2.05, 4.69) is 51.3 Å². The van der Waals surface area contributed by atoms with Crippen LogP contribution in [0.1, 0.15) is 34.5 Å². The summed E-state index contributed by atoms with van der Waals surface area (Å²) in [6, 6.07) is 10.9. The lowest BCUT2D eigenvalue weighted by Crippen LogP contribution is -2.44. The number of carboxylic acids is 1. The summed E-state index contributed by atoms with van der Waals surface area (Å²) in [7, 11) is 2.16. The van der Waals surface area contributed by atoms with E-state index in [1.807, 2.05) is 6.07 Å². The van der Waals surface area contributed by atoms with Gasteiger partial charge >= 0.3 is 5.97 Å². The first-order chi connectivity index (χ1) is 12.1. The lowest BCUT2D eigenvalue weighted by molar-refractivity contribution is 0.0685. The van der Waals surface area contributed by atoms with Crippen molar-refractivity contribution in [3.05, 3.63) is 53.3 Å². The molecule has 1 fully saturated rings. The molecule has 0 aliphatic carbocycles. The number of likely N-dealkylation sites (tertiary alicyclic amines) is 1. The van der Waals surface area contributed by atoms with E-state index in [0.29, 0.717) is 12.6 Å². The molecule has 0 saturated carbocycles. The van der Waals surface area contributed by atoms with Crippen LogP contribution in [0.4, 0.5) is 0 Å². The van der Waals surface area contributed by atoms with Gasteiger partial charge in [0.2, 0.25) is 0 Å². The van der Waals surface area contributed by atoms with E-state index in [1.54, 1.807) is 6.20 Å². The lowest BCUT2D eigenvalue weighted by Gasteiger charge is -2.37. The minimum Gasteiger partial charge on any atom is -0.477 e. The van der Waals surface area contributed by atoms with Crippen molar-refractivity contribution in [2.45, 2.75) is 31.8 Å². The van der Waals surface area contributed by atoms with Gasteiger partial charge in [-0.3, -0.25) is 10.00 Å². The number of aromatic nitrogens is 2. The molecule has 6 nitrogen and oxygen atoms in total. The SMILES string of the molecule is CN1CCC(N(CCc2ccccc2)Cc2cn[nH]c2C(=O)O)CC1. The highest BCUT2D eigenvalue weighted by molar-refractivity contribution is 5.86. The Morgan fingerprint density at radius 2 is 2.04 bits per heavy atom. The molecular weight excluding hydrogens is 316 g/mol. The molecule has 134 valence electrons. The van der Waals surface area contributed by atoms with Crippen molar-refractivity contribution >= 4 is 5.97 Å². The van der Waals surface area contributed by atoms with Gasteiger partial charge in [0.05, 0.1) is 6.20 Å². The van der Waals surface area contributed by atoms with E-state index in [1.165, 1.54) is 5.56 Å². The second kappa shape index (κ2) is 8.27. The Kier molecular flexibility index (Phi) is 5.83. The maximum Gasteiger partial charge on any atom is 0.354 e. The third-order valence-electron chi connectivity index (χ3n) is 5.04. The minimum absolute atomic E-state index is 0.206. The summed E-state index contributed by atoms with van der Waals surface area (Å²) in [6.45, 7) is 3.72. The number of hydrogen-bond donors (Lipinski definition) is 2. The van der Waals surface area contributed by atoms with Crippen LogP contribution in [-0.4, -0.2) is 63.8 Å². The minimum atomic E-state index is -0.945. The van der Waals surface area contributed by atoms with E-state index in [4.69, 9.17) is 0 Å². The Morgan fingerprint density at radius 3 is 2.72 bits per heavy atom. The highest BCUT2D eigenvalue weighted by atomic mass is 16.4. The first kappa shape index (κ1) is 17.6. The largest absolute Gasteiger partial charge is 0.477 e. The predicted molar refractivity (Wildman–Crippen MR) is 96.6 cm³/mol. The number of benzene rings is 1. The van der Waals surface area contributed by atoms with Gasteiger partial charge in [0, 0.05) is 24.7 Å². The fourth-order valence-electron chi connectivity index (χ4n) is 3.50. The van der Waals surface area contributed by atoms with Gasteiger partial charge in [-0.1, -0.05) is 30.3 Å². The predicted octanol–water partition coefficient (Wildman–Crippen LogP) is 2.25. The van der Waals surface area contributed by atoms with Crippen LogP contribution in [0.25, 0.3) is 0 Å². The van der Waals surface area contributed by atoms with Crippen molar-refractivity contribution in [3.8, 4) is 0 Å². The van der Waals surface area contributed by atoms with Crippen molar-refractivity contribution in [1.29, 1.82) is 0 Å². The highest BCUT2D eigenvalue weighted by Crippen LogP contribution is 2.20. The number of aromatic carboxylic acids is 1. The molecule has 0 atom stereocenters. The number of hydrogen-bond acceptors (Lipinski definition) is 4. The van der Waals surface area contributed by atoms with Crippen LogP contribution in [0.15, 0.2) is 36.5 Å². The molecule has 1 aromatic heterocycles. The molecule has 2 heterocycles. The number of aromatic amines is 1. The summed E-state index contributed by atoms with van der Waals surface area (Å²) < 4.78 is 0. The van der Waals surface area contributed by atoms with Crippen molar-refractivity contribution in [1.82, 2.24) is 20.0 Å². The molecule has 0 spiro atoms. The molecule has 0 amide bonds. The average Bonchev–Trinajstić information content (AvgIpc) is 3.09. The zero-order chi connectivity index (χ0) is 17.6. The van der Waals surface area contributed by atoms with Crippen LogP contribution in [0.3, 0.4) is 0 Å². The third kappa shape index (κ3) is 4.67. The molecule has 2 aromatic rings. The second-order valence-electron chi connectivity index (χ2n) is 6.82. The fraction of sp³-hybridized carbons (Fsp3) is 0.474. The molecule has 0 radical (unpaired) electrons. The summed E-state index contributed by atoms with van der Waals surface area (Å²) in [5.74, 6) is -0.945. The van der Waals surface area contributed by atoms with Gasteiger partial charge in [-0.2, -0.15) is 5.10 Å². The van der Waals surface area contributed by atoms with Gasteiger partial charge in [-0.15, -0.1) is 0 Å². The van der Waals surface area contributed by atoms with Gasteiger partial charge in [0.1, 0.15) is 5.69 Å². The number of nitrogens with one attached hydrogen (secondary N) is 1. The summed E-state index contributed by atoms with van der Waals surface area (Å²) in [5, 5.41) is 15.9. The zero-order valence-corrected chi connectivity index (χ0v) is 14.7. The second-order valence-corrected chi connectivity index (χ2v) is 6.82. The molecule has 6 heteroatoms. The van der Waals surface area contributed by atoms with E-state index in [-0.39, 0.29) is 5.69 Å². The van der Waals surface area contributed by atoms with Crippen molar-refractivity contribution in [2.75, 3.05) is 26.7 Å². The van der Waals surface area contributed by atoms with Crippen LogP contribution in [0.2, 0.25) is 0 Å². The van der Waals surface area contributed by atoms with Crippen LogP contribution >= 0.6 is 0 Å². The zero-order valence-electron chi connectivity index (χ0n) is 14.7. The summed E-state index contributed by atoms with van der Waals surface area (Å²) in [6.07, 6.45) is 4.85. The topological polar surface area (TPSA) is 72.5 Å². The van der Waals surface area contributed by atoms with Gasteiger partial charge in [-0.05, 0) is 45.0 Å². The molecule has 1 saturated heterocycles. The molecule has 0 unspecified atom stereocenters. The van der Waals surface area contributed by atoms with E-state index >= 15 is 0 Å². The third-order valence-corrected chi connectivity index (χ3v) is 5.04. The molecule has 1 aromatic carbocycles. The van der Waals surface area contributed by atoms with E-state index < -0.39 is 5.97 Å². The van der Waals surface area contributed by atoms with Gasteiger partial charge in [0.25, 0.3) is 0 Å². The maximum absolute atomic E-state index is 11.4. The standard InChI is InChI=1S/C19H26N4O2/c1-22-10-8-17(9-11-22)23(12-7-15-5-3-2-4-6-15)14-16-13-20-21-18(16)19(24)25/h2-6,13,17H,7-12,14H2,1H3,(H,20,21)(H,24,25). The smallest absolute Gasteiger partial charge is 0.354 e. The van der Waals surface area contributed by atoms with Crippen LogP contribution in [-0.2, 0) is 13.0 Å². The number of carboxylic acid groups (broad SMARTS) is 1. The van der Waals surface area contributed by atoms with Gasteiger partial charge in [-0.25, -0.2) is 4.79 Å². The van der Waals surface area contributed by atoms with E-state index in [0.717, 1.165) is 44.5 Å². The van der Waals surface area contributed by atoms with Gasteiger partial charge in [0.15, 0.2) is 0 Å². The van der Waals surface area contributed by atoms with Crippen molar-refractivity contribution < 1.29 is 9.90 Å². The molecule has 0 bridgehead atoms. The van der Waals surface area contributed by atoms with Crippen LogP contribution < -0.4 is 0 Å². The molecule has 1 aliphatic heterocycles. The average molecular weight is 342 g/mol. The monoisotopic (exact) mass is 342 g/mol. The first-order valence-electron chi connectivity index (χ1n) is 8.85. The maximum atomic E-state index is 11.4. The lowest BCUT2D eigenvalue weighted by atomic mass is 10.0. The Labute approximate surface area is 148 Å². The van der Waals surface area contributed by atoms with E-state index in [9.17, 15) is 9.90 Å². The number of H-pyrrole nitrogens is 1. The molecule has 3 rings (SSSR count). The molecular formula is C19H26N4O2. The Bertz CT molecular complexity index is 678. The summed E-state index contributed by atoms with van der Waals surface area (Å²) in [5.41, 5.74) is 2.28. The molecule has 2 N–H and O–H groups in total. The Hall–Kier alpha value is -2.18. The number of piperidine rings is 1. The number of nitrogens with zero attached hydrogens (tertiary/aromatic N) is 3. The number of carbonyl (C=O) groups is 1. The normalized spacial score (nSPS) is 16.4. The van der Waals surface area contributed by atoms with Crippen LogP contribution in [0, 0.1) is 0 Å². The molecule has 1 aliphatic rings. The van der Waals surface area contributed by atoms with Crippen LogP contribution in [0.5, 0.6) is 0 Å². The summed E-state index contributed by atoms with van der Waals surface area (Å²) in [4.78, 5) is 16.1.